The normalized spacial score (nSPS) is 31.4. The van der Waals surface area contributed by atoms with Crippen molar-refractivity contribution < 1.29 is 21.6 Å². The van der Waals surface area contributed by atoms with Gasteiger partial charge in [-0.1, -0.05) is 38.1 Å². The van der Waals surface area contributed by atoms with Gasteiger partial charge in [-0.15, -0.1) is 0 Å². The highest BCUT2D eigenvalue weighted by Crippen LogP contribution is 2.66. The molecule has 1 unspecified atom stereocenters. The summed E-state index contributed by atoms with van der Waals surface area (Å²) in [4.78, 5) is 12.8. The zero-order valence-electron chi connectivity index (χ0n) is 21.8. The van der Waals surface area contributed by atoms with Gasteiger partial charge in [-0.25, -0.2) is 26.3 Å². The SMILES string of the molecule is CC1(C)[C@@H]2CC[C@@]1(CS(=O)(=O)N1CCC3(CCc4ccccc43)CC1)[C@@H](NC(=O)C(N)CS(N)(=O)=O)C2. The number of hydrogen-bond acceptors (Lipinski definition) is 6. The van der Waals surface area contributed by atoms with Crippen LogP contribution >= 0.6 is 0 Å². The summed E-state index contributed by atoms with van der Waals surface area (Å²) in [5.74, 6) is -0.994. The average Bonchev–Trinajstić information content (AvgIpc) is 3.35. The minimum Gasteiger partial charge on any atom is -0.351 e. The van der Waals surface area contributed by atoms with Gasteiger partial charge >= 0.3 is 0 Å². The first kappa shape index (κ1) is 27.1. The third-order valence-electron chi connectivity index (χ3n) is 10.5. The third-order valence-corrected chi connectivity index (χ3v) is 13.3. The first-order chi connectivity index (χ1) is 17.2. The highest BCUT2D eigenvalue weighted by Gasteiger charge is 2.66. The fourth-order valence-electron chi connectivity index (χ4n) is 8.12. The van der Waals surface area contributed by atoms with Crippen molar-refractivity contribution in [2.75, 3.05) is 24.6 Å². The highest BCUT2D eigenvalue weighted by molar-refractivity contribution is 7.89. The van der Waals surface area contributed by atoms with Gasteiger partial charge in [0, 0.05) is 24.5 Å². The first-order valence-electron chi connectivity index (χ1n) is 13.3. The Morgan fingerprint density at radius 1 is 1.11 bits per heavy atom. The molecule has 3 aliphatic carbocycles. The molecule has 11 heteroatoms. The van der Waals surface area contributed by atoms with Crippen molar-refractivity contribution in [3.8, 4) is 0 Å². The molecule has 4 atom stereocenters. The van der Waals surface area contributed by atoms with E-state index in [4.69, 9.17) is 10.9 Å². The molecule has 1 saturated heterocycles. The number of carbonyl (C=O) groups is 1. The smallest absolute Gasteiger partial charge is 0.238 e. The molecule has 1 amide bonds. The summed E-state index contributed by atoms with van der Waals surface area (Å²) in [6.45, 7) is 5.23. The van der Waals surface area contributed by atoms with E-state index in [0.717, 1.165) is 32.1 Å². The predicted octanol–water partition coefficient (Wildman–Crippen LogP) is 1.22. The molecule has 0 radical (unpaired) electrons. The van der Waals surface area contributed by atoms with Gasteiger partial charge in [0.15, 0.2) is 0 Å². The van der Waals surface area contributed by atoms with Crippen molar-refractivity contribution in [3.63, 3.8) is 0 Å². The molecule has 4 aliphatic rings. The second kappa shape index (κ2) is 9.01. The molecule has 1 heterocycles. The van der Waals surface area contributed by atoms with Crippen molar-refractivity contribution in [2.45, 2.75) is 76.3 Å². The summed E-state index contributed by atoms with van der Waals surface area (Å²) >= 11 is 0. The summed E-state index contributed by atoms with van der Waals surface area (Å²) in [5, 5.41) is 8.01. The Balaban J connectivity index is 1.32. The summed E-state index contributed by atoms with van der Waals surface area (Å²) < 4.78 is 52.3. The maximum absolute atomic E-state index is 13.9. The third kappa shape index (κ3) is 4.54. The fraction of sp³-hybridized carbons (Fsp3) is 0.731. The summed E-state index contributed by atoms with van der Waals surface area (Å²) in [6.07, 6.45) is 6.05. The largest absolute Gasteiger partial charge is 0.351 e. The number of aryl methyl sites for hydroxylation is 1. The number of amides is 1. The van der Waals surface area contributed by atoms with Crippen LogP contribution in [-0.2, 0) is 36.7 Å². The Morgan fingerprint density at radius 2 is 1.78 bits per heavy atom. The van der Waals surface area contributed by atoms with Crippen LogP contribution in [0, 0.1) is 16.7 Å². The van der Waals surface area contributed by atoms with E-state index in [9.17, 15) is 21.6 Å². The van der Waals surface area contributed by atoms with E-state index in [0.29, 0.717) is 25.9 Å². The van der Waals surface area contributed by atoms with Crippen LogP contribution in [0.25, 0.3) is 0 Å². The van der Waals surface area contributed by atoms with Crippen LogP contribution < -0.4 is 16.2 Å². The van der Waals surface area contributed by atoms with Crippen molar-refractivity contribution >= 4 is 26.0 Å². The minimum absolute atomic E-state index is 0.0253. The Bertz CT molecular complexity index is 1290. The number of sulfonamides is 2. The molecule has 5 N–H and O–H groups in total. The monoisotopic (exact) mass is 552 g/mol. The lowest BCUT2D eigenvalue weighted by Crippen LogP contribution is -2.57. The lowest BCUT2D eigenvalue weighted by atomic mass is 9.69. The average molecular weight is 553 g/mol. The van der Waals surface area contributed by atoms with Gasteiger partial charge in [0.05, 0.1) is 17.5 Å². The van der Waals surface area contributed by atoms with E-state index in [1.54, 1.807) is 4.31 Å². The molecule has 1 aliphatic heterocycles. The highest BCUT2D eigenvalue weighted by atomic mass is 32.2. The van der Waals surface area contributed by atoms with Crippen LogP contribution in [0.1, 0.15) is 63.5 Å². The first-order valence-corrected chi connectivity index (χ1v) is 16.6. The van der Waals surface area contributed by atoms with E-state index >= 15 is 0 Å². The topological polar surface area (TPSA) is 153 Å². The number of nitrogens with zero attached hydrogens (tertiary/aromatic N) is 1. The second-order valence-electron chi connectivity index (χ2n) is 12.4. The van der Waals surface area contributed by atoms with Crippen molar-refractivity contribution in [1.29, 1.82) is 0 Å². The number of fused-ring (bicyclic) bond motifs is 4. The number of benzene rings is 1. The number of rotatable bonds is 7. The molecule has 2 bridgehead atoms. The molecule has 1 aromatic carbocycles. The zero-order chi connectivity index (χ0) is 26.9. The van der Waals surface area contributed by atoms with Crippen LogP contribution in [0.15, 0.2) is 24.3 Å². The molecule has 2 saturated carbocycles. The Kier molecular flexibility index (Phi) is 6.59. The maximum atomic E-state index is 13.9. The van der Waals surface area contributed by atoms with Crippen molar-refractivity contribution in [1.82, 2.24) is 9.62 Å². The van der Waals surface area contributed by atoms with Gasteiger partial charge in [-0.3, -0.25) is 4.79 Å². The number of nitrogens with two attached hydrogens (primary N) is 2. The lowest BCUT2D eigenvalue weighted by Gasteiger charge is -2.45. The van der Waals surface area contributed by atoms with E-state index in [-0.39, 0.29) is 28.5 Å². The molecule has 5 rings (SSSR count). The van der Waals surface area contributed by atoms with E-state index in [1.165, 1.54) is 11.1 Å². The molecule has 206 valence electrons. The predicted molar refractivity (Wildman–Crippen MR) is 142 cm³/mol. The molecule has 9 nitrogen and oxygen atoms in total. The zero-order valence-corrected chi connectivity index (χ0v) is 23.4. The van der Waals surface area contributed by atoms with E-state index in [1.807, 2.05) is 0 Å². The standard InChI is InChI=1S/C26H40N4O5S2/c1-24(2)19-8-10-26(24,22(15-19)29-23(31)21(27)16-36(28,32)33)17-37(34,35)30-13-11-25(12-14-30)9-7-18-5-3-4-6-20(18)25/h3-6,19,21-22H,7-17,27H2,1-2H3,(H,29,31)(H2,28,32,33)/t19-,21?,22+,26-/m1/s1. The van der Waals surface area contributed by atoms with Crippen LogP contribution in [0.4, 0.5) is 0 Å². The van der Waals surface area contributed by atoms with Gasteiger partial charge in [-0.2, -0.15) is 0 Å². The molecule has 0 aromatic heterocycles. The van der Waals surface area contributed by atoms with Crippen LogP contribution in [0.3, 0.4) is 0 Å². The van der Waals surface area contributed by atoms with Crippen molar-refractivity contribution in [2.24, 2.45) is 27.6 Å². The quantitative estimate of drug-likeness (QED) is 0.462. The Hall–Kier alpha value is -1.53. The fourth-order valence-corrected chi connectivity index (χ4v) is 11.1. The molecular weight excluding hydrogens is 512 g/mol. The van der Waals surface area contributed by atoms with Crippen LogP contribution in [0.5, 0.6) is 0 Å². The number of piperidine rings is 1. The molecule has 3 fully saturated rings. The number of hydrogen-bond donors (Lipinski definition) is 3. The lowest BCUT2D eigenvalue weighted by molar-refractivity contribution is -0.123. The van der Waals surface area contributed by atoms with Crippen molar-refractivity contribution in [3.05, 3.63) is 35.4 Å². The molecular formula is C26H40N4O5S2. The van der Waals surface area contributed by atoms with Gasteiger partial charge in [0.1, 0.15) is 0 Å². The van der Waals surface area contributed by atoms with Gasteiger partial charge in [0.2, 0.25) is 26.0 Å². The van der Waals surface area contributed by atoms with E-state index in [2.05, 4.69) is 43.4 Å². The number of primary sulfonamides is 1. The summed E-state index contributed by atoms with van der Waals surface area (Å²) in [7, 11) is -7.50. The Labute approximate surface area is 220 Å². The molecule has 1 spiro atoms. The number of carbonyl (C=O) groups excluding carboxylic acids is 1. The molecule has 1 aromatic rings. The Morgan fingerprint density at radius 3 is 2.43 bits per heavy atom. The van der Waals surface area contributed by atoms with Gasteiger partial charge < -0.3 is 11.1 Å². The second-order valence-corrected chi connectivity index (χ2v) is 16.1. The summed E-state index contributed by atoms with van der Waals surface area (Å²) in [6, 6.07) is 6.88. The number of nitrogens with one attached hydrogen (secondary N) is 1. The summed E-state index contributed by atoms with van der Waals surface area (Å²) in [5.41, 5.74) is 7.75. The van der Waals surface area contributed by atoms with Gasteiger partial charge in [-0.05, 0) is 72.8 Å². The van der Waals surface area contributed by atoms with Crippen LogP contribution in [-0.4, -0.2) is 63.7 Å². The molecule has 37 heavy (non-hydrogen) atoms. The van der Waals surface area contributed by atoms with E-state index < -0.39 is 43.2 Å². The van der Waals surface area contributed by atoms with Gasteiger partial charge in [0.25, 0.3) is 0 Å². The van der Waals surface area contributed by atoms with Crippen LogP contribution in [0.2, 0.25) is 0 Å². The minimum atomic E-state index is -3.91. The maximum Gasteiger partial charge on any atom is 0.238 e.